The van der Waals surface area contributed by atoms with E-state index >= 15 is 0 Å². The number of aromatic nitrogens is 3. The lowest BCUT2D eigenvalue weighted by Gasteiger charge is -2.11. The van der Waals surface area contributed by atoms with Gasteiger partial charge in [0, 0.05) is 21.1 Å². The first kappa shape index (κ1) is 22.4. The number of benzene rings is 2. The lowest BCUT2D eigenvalue weighted by molar-refractivity contribution is -0.136. The molecule has 0 saturated carbocycles. The molecule has 4 aromatic rings. The van der Waals surface area contributed by atoms with Crippen LogP contribution in [0.5, 0.6) is 0 Å². The summed E-state index contributed by atoms with van der Waals surface area (Å²) < 4.78 is 49.2. The summed E-state index contributed by atoms with van der Waals surface area (Å²) >= 11 is 9.60. The van der Waals surface area contributed by atoms with Crippen LogP contribution in [0.15, 0.2) is 45.4 Å². The molecule has 0 aliphatic rings. The molecule has 0 spiro atoms. The van der Waals surface area contributed by atoms with E-state index in [9.17, 15) is 18.4 Å². The van der Waals surface area contributed by atoms with Crippen LogP contribution in [-0.4, -0.2) is 14.7 Å². The second-order valence-corrected chi connectivity index (χ2v) is 8.47. The fourth-order valence-corrected chi connectivity index (χ4v) is 4.23. The van der Waals surface area contributed by atoms with Crippen molar-refractivity contribution in [2.24, 2.45) is 0 Å². The molecule has 0 bridgehead atoms. The zero-order chi connectivity index (χ0) is 23.0. The SMILES string of the molecule is CCCc1cc2c(C(F)(F)F)c(C#N)ccc2n1Cc1noc(-c2cc(Br)ccc2Cl)n1. The van der Waals surface area contributed by atoms with Crippen molar-refractivity contribution in [1.29, 1.82) is 5.26 Å². The molecule has 4 rings (SSSR count). The topological polar surface area (TPSA) is 67.6 Å². The molecule has 10 heteroatoms. The van der Waals surface area contributed by atoms with Gasteiger partial charge in [0.05, 0.1) is 34.3 Å². The van der Waals surface area contributed by atoms with E-state index in [2.05, 4.69) is 26.1 Å². The van der Waals surface area contributed by atoms with Gasteiger partial charge < -0.3 is 9.09 Å². The predicted molar refractivity (Wildman–Crippen MR) is 117 cm³/mol. The summed E-state index contributed by atoms with van der Waals surface area (Å²) in [6.07, 6.45) is -3.37. The van der Waals surface area contributed by atoms with Crippen molar-refractivity contribution in [1.82, 2.24) is 14.7 Å². The molecule has 0 N–H and O–H groups in total. The Balaban J connectivity index is 1.82. The Kier molecular flexibility index (Phi) is 6.01. The molecule has 0 aliphatic heterocycles. The highest BCUT2D eigenvalue weighted by Gasteiger charge is 2.36. The number of rotatable bonds is 5. The van der Waals surface area contributed by atoms with Gasteiger partial charge in [-0.1, -0.05) is 46.0 Å². The number of hydrogen-bond acceptors (Lipinski definition) is 4. The van der Waals surface area contributed by atoms with E-state index in [1.54, 1.807) is 28.8 Å². The second-order valence-electron chi connectivity index (χ2n) is 7.14. The van der Waals surface area contributed by atoms with Gasteiger partial charge in [-0.15, -0.1) is 0 Å². The van der Waals surface area contributed by atoms with Crippen LogP contribution >= 0.6 is 27.5 Å². The normalized spacial score (nSPS) is 11.8. The van der Waals surface area contributed by atoms with Crippen molar-refractivity contribution >= 4 is 38.4 Å². The second kappa shape index (κ2) is 8.60. The zero-order valence-corrected chi connectivity index (χ0v) is 19.0. The van der Waals surface area contributed by atoms with E-state index in [0.717, 1.165) is 10.9 Å². The fourth-order valence-electron chi connectivity index (χ4n) is 3.67. The summed E-state index contributed by atoms with van der Waals surface area (Å²) in [5.74, 6) is 0.506. The summed E-state index contributed by atoms with van der Waals surface area (Å²) in [5.41, 5.74) is 0.255. The van der Waals surface area contributed by atoms with E-state index in [4.69, 9.17) is 16.1 Å². The lowest BCUT2D eigenvalue weighted by Crippen LogP contribution is -2.09. The number of aryl methyl sites for hydroxylation is 1. The van der Waals surface area contributed by atoms with Gasteiger partial charge in [0.2, 0.25) is 0 Å². The number of nitrogens with zero attached hydrogens (tertiary/aromatic N) is 4. The minimum Gasteiger partial charge on any atom is -0.337 e. The first-order valence-electron chi connectivity index (χ1n) is 9.63. The summed E-state index contributed by atoms with van der Waals surface area (Å²) in [5, 5.41) is 13.6. The first-order chi connectivity index (χ1) is 15.2. The van der Waals surface area contributed by atoms with Crippen LogP contribution < -0.4 is 0 Å². The quantitative estimate of drug-likeness (QED) is 0.282. The average molecular weight is 524 g/mol. The van der Waals surface area contributed by atoms with Gasteiger partial charge in [0.1, 0.15) is 0 Å². The molecule has 5 nitrogen and oxygen atoms in total. The fraction of sp³-hybridized carbons (Fsp3) is 0.227. The highest BCUT2D eigenvalue weighted by Crippen LogP contribution is 2.39. The summed E-state index contributed by atoms with van der Waals surface area (Å²) in [4.78, 5) is 4.39. The molecular formula is C22H15BrClF3N4O. The number of alkyl halides is 3. The predicted octanol–water partition coefficient (Wildman–Crippen LogP) is 7.00. The van der Waals surface area contributed by atoms with E-state index in [1.807, 2.05) is 6.92 Å². The van der Waals surface area contributed by atoms with Crippen LogP contribution in [0.1, 0.15) is 36.0 Å². The molecule has 0 atom stereocenters. The Labute approximate surface area is 194 Å². The van der Waals surface area contributed by atoms with Crippen LogP contribution in [0.4, 0.5) is 13.2 Å². The first-order valence-corrected chi connectivity index (χ1v) is 10.8. The maximum Gasteiger partial charge on any atom is 0.418 e. The number of hydrogen-bond donors (Lipinski definition) is 0. The molecule has 2 heterocycles. The van der Waals surface area contributed by atoms with Crippen LogP contribution in [0, 0.1) is 11.3 Å². The molecule has 0 unspecified atom stereocenters. The Hall–Kier alpha value is -2.83. The van der Waals surface area contributed by atoms with Gasteiger partial charge in [-0.2, -0.15) is 23.4 Å². The summed E-state index contributed by atoms with van der Waals surface area (Å²) in [6.45, 7) is 2.05. The van der Waals surface area contributed by atoms with Gasteiger partial charge in [-0.25, -0.2) is 0 Å². The van der Waals surface area contributed by atoms with Gasteiger partial charge in [-0.3, -0.25) is 0 Å². The zero-order valence-electron chi connectivity index (χ0n) is 16.7. The summed E-state index contributed by atoms with van der Waals surface area (Å²) in [7, 11) is 0. The van der Waals surface area contributed by atoms with Crippen molar-refractivity contribution in [3.8, 4) is 17.5 Å². The largest absolute Gasteiger partial charge is 0.418 e. The van der Waals surface area contributed by atoms with Crippen molar-refractivity contribution < 1.29 is 17.7 Å². The maximum atomic E-state index is 13.8. The standard InChI is InChI=1S/C22H15BrClF3N4O/c1-2-3-14-9-16-18(7-4-12(10-28)20(16)22(25,26)27)31(14)11-19-29-21(32-30-19)15-8-13(23)5-6-17(15)24/h4-9H,2-3,11H2,1H3. The number of nitriles is 1. The Morgan fingerprint density at radius 2 is 2.00 bits per heavy atom. The molecular weight excluding hydrogens is 509 g/mol. The molecule has 0 amide bonds. The molecule has 2 aromatic carbocycles. The molecule has 0 fully saturated rings. The highest BCUT2D eigenvalue weighted by atomic mass is 79.9. The van der Waals surface area contributed by atoms with Gasteiger partial charge >= 0.3 is 6.18 Å². The van der Waals surface area contributed by atoms with E-state index in [-0.39, 0.29) is 17.8 Å². The van der Waals surface area contributed by atoms with Crippen molar-refractivity contribution in [3.05, 3.63) is 68.5 Å². The maximum absolute atomic E-state index is 13.8. The summed E-state index contributed by atoms with van der Waals surface area (Å²) in [6, 6.07) is 11.1. The molecule has 2 aromatic heterocycles. The molecule has 0 aliphatic carbocycles. The van der Waals surface area contributed by atoms with E-state index in [0.29, 0.717) is 34.0 Å². The molecule has 32 heavy (non-hydrogen) atoms. The Morgan fingerprint density at radius 3 is 2.69 bits per heavy atom. The van der Waals surface area contributed by atoms with Crippen LogP contribution in [0.2, 0.25) is 5.02 Å². The minimum absolute atomic E-state index is 0.0150. The van der Waals surface area contributed by atoms with E-state index in [1.165, 1.54) is 18.2 Å². The smallest absolute Gasteiger partial charge is 0.337 e. The third-order valence-corrected chi connectivity index (χ3v) is 5.83. The molecule has 0 saturated heterocycles. The van der Waals surface area contributed by atoms with Crippen LogP contribution in [-0.2, 0) is 19.1 Å². The monoisotopic (exact) mass is 522 g/mol. The van der Waals surface area contributed by atoms with Crippen molar-refractivity contribution in [3.63, 3.8) is 0 Å². The average Bonchev–Trinajstić information content (AvgIpc) is 3.34. The number of halogens is 5. The molecule has 0 radical (unpaired) electrons. The minimum atomic E-state index is -4.66. The van der Waals surface area contributed by atoms with Crippen LogP contribution in [0.25, 0.3) is 22.4 Å². The Bertz CT molecular complexity index is 1350. The van der Waals surface area contributed by atoms with Crippen molar-refractivity contribution in [2.45, 2.75) is 32.5 Å². The van der Waals surface area contributed by atoms with Gasteiger partial charge in [0.25, 0.3) is 5.89 Å². The third kappa shape index (κ3) is 4.12. The van der Waals surface area contributed by atoms with Gasteiger partial charge in [0.15, 0.2) is 5.82 Å². The molecule has 164 valence electrons. The highest BCUT2D eigenvalue weighted by molar-refractivity contribution is 9.10. The Morgan fingerprint density at radius 1 is 1.22 bits per heavy atom. The van der Waals surface area contributed by atoms with E-state index < -0.39 is 17.3 Å². The third-order valence-electron chi connectivity index (χ3n) is 5.01. The number of fused-ring (bicyclic) bond motifs is 1. The van der Waals surface area contributed by atoms with Gasteiger partial charge in [-0.05, 0) is 42.8 Å². The van der Waals surface area contributed by atoms with Crippen LogP contribution in [0.3, 0.4) is 0 Å². The van der Waals surface area contributed by atoms with Crippen molar-refractivity contribution in [2.75, 3.05) is 0 Å². The lowest BCUT2D eigenvalue weighted by atomic mass is 10.0.